The number of anilines is 1. The van der Waals surface area contributed by atoms with Gasteiger partial charge in [0.2, 0.25) is 6.04 Å². The minimum absolute atomic E-state index is 0.0408. The van der Waals surface area contributed by atoms with Crippen LogP contribution in [-0.4, -0.2) is 31.2 Å². The van der Waals surface area contributed by atoms with Gasteiger partial charge in [-0.05, 0) is 12.1 Å². The summed E-state index contributed by atoms with van der Waals surface area (Å²) in [6.45, 7) is 0.691. The third-order valence-corrected chi connectivity index (χ3v) is 2.48. The van der Waals surface area contributed by atoms with Crippen molar-refractivity contribution in [2.45, 2.75) is 6.04 Å². The number of nitro groups is 1. The number of non-ortho nitro benzene ring substituents is 1. The van der Waals surface area contributed by atoms with Crippen molar-refractivity contribution in [1.82, 2.24) is 0 Å². The fourth-order valence-corrected chi connectivity index (χ4v) is 1.53. The molecule has 0 bridgehead atoms. The standard InChI is InChI=1S/C12H12N4O3/c1-19-7-6-15(12(8-13)9-14)10-2-4-11(5-3-10)16(17)18/h2-5,12H,6-7H2,1H3. The van der Waals surface area contributed by atoms with Crippen LogP contribution in [-0.2, 0) is 4.74 Å². The van der Waals surface area contributed by atoms with E-state index >= 15 is 0 Å². The van der Waals surface area contributed by atoms with Crippen molar-refractivity contribution >= 4 is 11.4 Å². The molecule has 0 aliphatic carbocycles. The Kier molecular flexibility index (Phi) is 5.27. The van der Waals surface area contributed by atoms with Gasteiger partial charge in [-0.1, -0.05) is 0 Å². The normalized spacial score (nSPS) is 9.68. The molecule has 0 unspecified atom stereocenters. The van der Waals surface area contributed by atoms with Crippen molar-refractivity contribution in [1.29, 1.82) is 10.5 Å². The number of nitrogens with zero attached hydrogens (tertiary/aromatic N) is 4. The van der Waals surface area contributed by atoms with Crippen LogP contribution in [0.4, 0.5) is 11.4 Å². The van der Waals surface area contributed by atoms with E-state index in [1.165, 1.54) is 36.3 Å². The average molecular weight is 260 g/mol. The summed E-state index contributed by atoms with van der Waals surface area (Å²) in [7, 11) is 1.52. The number of ether oxygens (including phenoxy) is 1. The Morgan fingerprint density at radius 2 is 1.95 bits per heavy atom. The van der Waals surface area contributed by atoms with Crippen LogP contribution < -0.4 is 4.90 Å². The first-order valence-electron chi connectivity index (χ1n) is 5.43. The third-order valence-electron chi connectivity index (χ3n) is 2.48. The highest BCUT2D eigenvalue weighted by molar-refractivity contribution is 5.54. The van der Waals surface area contributed by atoms with E-state index in [0.29, 0.717) is 18.8 Å². The number of nitriles is 2. The summed E-state index contributed by atoms with van der Waals surface area (Å²) in [6.07, 6.45) is 0. The molecule has 1 aromatic carbocycles. The molecule has 7 heteroatoms. The SMILES string of the molecule is COCCN(c1ccc([N+](=O)[O-])cc1)C(C#N)C#N. The zero-order valence-electron chi connectivity index (χ0n) is 10.3. The van der Waals surface area contributed by atoms with Gasteiger partial charge in [-0.15, -0.1) is 0 Å². The summed E-state index contributed by atoms with van der Waals surface area (Å²) in [5, 5.41) is 28.4. The van der Waals surface area contributed by atoms with E-state index in [-0.39, 0.29) is 5.69 Å². The van der Waals surface area contributed by atoms with Gasteiger partial charge in [0.25, 0.3) is 5.69 Å². The molecular weight excluding hydrogens is 248 g/mol. The lowest BCUT2D eigenvalue weighted by molar-refractivity contribution is -0.384. The van der Waals surface area contributed by atoms with Crippen LogP contribution in [0.15, 0.2) is 24.3 Å². The van der Waals surface area contributed by atoms with E-state index in [1.54, 1.807) is 0 Å². The summed E-state index contributed by atoms with van der Waals surface area (Å²) in [4.78, 5) is 11.6. The van der Waals surface area contributed by atoms with E-state index in [0.717, 1.165) is 0 Å². The molecule has 0 atom stereocenters. The second kappa shape index (κ2) is 6.94. The summed E-state index contributed by atoms with van der Waals surface area (Å²) in [6, 6.07) is 8.47. The first-order valence-corrected chi connectivity index (χ1v) is 5.43. The van der Waals surface area contributed by atoms with Crippen LogP contribution in [0.25, 0.3) is 0 Å². The largest absolute Gasteiger partial charge is 0.383 e. The van der Waals surface area contributed by atoms with Crippen molar-refractivity contribution in [3.8, 4) is 12.1 Å². The molecule has 0 saturated carbocycles. The van der Waals surface area contributed by atoms with Gasteiger partial charge in [0.15, 0.2) is 0 Å². The Morgan fingerprint density at radius 1 is 1.37 bits per heavy atom. The minimum Gasteiger partial charge on any atom is -0.383 e. The lowest BCUT2D eigenvalue weighted by Gasteiger charge is -2.24. The monoisotopic (exact) mass is 260 g/mol. The molecule has 1 rings (SSSR count). The third kappa shape index (κ3) is 3.66. The number of benzene rings is 1. The molecule has 0 saturated heterocycles. The van der Waals surface area contributed by atoms with Crippen LogP contribution in [0.3, 0.4) is 0 Å². The molecule has 19 heavy (non-hydrogen) atoms. The summed E-state index contributed by atoms with van der Waals surface area (Å²) in [5.74, 6) is 0. The van der Waals surface area contributed by atoms with Crippen LogP contribution in [0.1, 0.15) is 0 Å². The second-order valence-electron chi connectivity index (χ2n) is 3.62. The smallest absolute Gasteiger partial charge is 0.269 e. The van der Waals surface area contributed by atoms with Crippen LogP contribution in [0.5, 0.6) is 0 Å². The van der Waals surface area contributed by atoms with Crippen molar-refractivity contribution in [2.75, 3.05) is 25.2 Å². The topological polar surface area (TPSA) is 103 Å². The van der Waals surface area contributed by atoms with Crippen molar-refractivity contribution in [3.05, 3.63) is 34.4 Å². The zero-order valence-corrected chi connectivity index (χ0v) is 10.3. The molecule has 0 radical (unpaired) electrons. The van der Waals surface area contributed by atoms with Gasteiger partial charge in [0.05, 0.1) is 11.5 Å². The molecule has 0 fully saturated rings. The molecule has 0 aliphatic rings. The Labute approximate surface area is 110 Å². The van der Waals surface area contributed by atoms with Gasteiger partial charge in [0, 0.05) is 31.5 Å². The highest BCUT2D eigenvalue weighted by Gasteiger charge is 2.18. The zero-order chi connectivity index (χ0) is 14.3. The number of hydrogen-bond acceptors (Lipinski definition) is 6. The highest BCUT2D eigenvalue weighted by atomic mass is 16.6. The Bertz CT molecular complexity index is 501. The maximum atomic E-state index is 10.6. The van der Waals surface area contributed by atoms with E-state index in [2.05, 4.69) is 0 Å². The molecule has 0 heterocycles. The number of nitro benzene ring substituents is 1. The highest BCUT2D eigenvalue weighted by Crippen LogP contribution is 2.20. The molecule has 0 aromatic heterocycles. The van der Waals surface area contributed by atoms with Crippen molar-refractivity contribution in [3.63, 3.8) is 0 Å². The van der Waals surface area contributed by atoms with Gasteiger partial charge >= 0.3 is 0 Å². The summed E-state index contributed by atoms with van der Waals surface area (Å²) in [5.41, 5.74) is 0.525. The molecule has 7 nitrogen and oxygen atoms in total. The van der Waals surface area contributed by atoms with E-state index in [9.17, 15) is 10.1 Å². The molecule has 1 aromatic rings. The quantitative estimate of drug-likeness (QED) is 0.566. The van der Waals surface area contributed by atoms with Gasteiger partial charge < -0.3 is 9.64 Å². The lowest BCUT2D eigenvalue weighted by Crippen LogP contribution is -2.35. The predicted molar refractivity (Wildman–Crippen MR) is 67.3 cm³/mol. The van der Waals surface area contributed by atoms with E-state index in [4.69, 9.17) is 15.3 Å². The molecule has 98 valence electrons. The molecule has 0 spiro atoms. The number of rotatable bonds is 6. The van der Waals surface area contributed by atoms with E-state index in [1.807, 2.05) is 12.1 Å². The average Bonchev–Trinajstić information content (AvgIpc) is 2.43. The maximum Gasteiger partial charge on any atom is 0.269 e. The summed E-state index contributed by atoms with van der Waals surface area (Å²) < 4.78 is 4.93. The Morgan fingerprint density at radius 3 is 2.37 bits per heavy atom. The number of methoxy groups -OCH3 is 1. The molecule has 0 N–H and O–H groups in total. The Hall–Kier alpha value is -2.64. The maximum absolute atomic E-state index is 10.6. The van der Waals surface area contributed by atoms with Crippen LogP contribution in [0.2, 0.25) is 0 Å². The minimum atomic E-state index is -0.961. The fraction of sp³-hybridized carbons (Fsp3) is 0.333. The lowest BCUT2D eigenvalue weighted by atomic mass is 10.2. The van der Waals surface area contributed by atoms with Crippen molar-refractivity contribution in [2.24, 2.45) is 0 Å². The first-order chi connectivity index (χ1) is 9.13. The van der Waals surface area contributed by atoms with Crippen molar-refractivity contribution < 1.29 is 9.66 Å². The Balaban J connectivity index is 3.00. The molecular formula is C12H12N4O3. The fourth-order valence-electron chi connectivity index (χ4n) is 1.53. The first kappa shape index (κ1) is 14.4. The van der Waals surface area contributed by atoms with Gasteiger partial charge in [0.1, 0.15) is 12.1 Å². The second-order valence-corrected chi connectivity index (χ2v) is 3.62. The molecule has 0 aliphatic heterocycles. The van der Waals surface area contributed by atoms with Gasteiger partial charge in [-0.2, -0.15) is 10.5 Å². The van der Waals surface area contributed by atoms with Gasteiger partial charge in [-0.25, -0.2) is 0 Å². The predicted octanol–water partition coefficient (Wildman–Crippen LogP) is 1.46. The van der Waals surface area contributed by atoms with Gasteiger partial charge in [-0.3, -0.25) is 10.1 Å². The van der Waals surface area contributed by atoms with Crippen LogP contribution >= 0.6 is 0 Å². The van der Waals surface area contributed by atoms with Crippen LogP contribution in [0, 0.1) is 32.8 Å². The summed E-state index contributed by atoms with van der Waals surface area (Å²) >= 11 is 0. The molecule has 0 amide bonds. The number of hydrogen-bond donors (Lipinski definition) is 0. The van der Waals surface area contributed by atoms with E-state index < -0.39 is 11.0 Å².